The molecule has 2 amide bonds. The Bertz CT molecular complexity index is 546. The van der Waals surface area contributed by atoms with E-state index in [0.29, 0.717) is 31.2 Å². The zero-order chi connectivity index (χ0) is 15.6. The number of carbonyl (C=O) groups excluding carboxylic acids is 2. The molecule has 1 saturated heterocycles. The Labute approximate surface area is 123 Å². The van der Waals surface area contributed by atoms with Gasteiger partial charge >= 0.3 is 0 Å². The minimum atomic E-state index is -0.645. The normalized spacial score (nSPS) is 19.8. The van der Waals surface area contributed by atoms with Gasteiger partial charge in [-0.15, -0.1) is 0 Å². The summed E-state index contributed by atoms with van der Waals surface area (Å²) in [5, 5.41) is 0. The molecule has 21 heavy (non-hydrogen) atoms. The molecule has 0 bridgehead atoms. The summed E-state index contributed by atoms with van der Waals surface area (Å²) in [7, 11) is 0. The molecule has 0 aromatic carbocycles. The monoisotopic (exact) mass is 291 g/mol. The van der Waals surface area contributed by atoms with Crippen molar-refractivity contribution in [2.75, 3.05) is 25.4 Å². The van der Waals surface area contributed by atoms with Crippen molar-refractivity contribution in [3.8, 4) is 0 Å². The maximum atomic E-state index is 12.6. The van der Waals surface area contributed by atoms with Gasteiger partial charge in [-0.05, 0) is 26.0 Å². The van der Waals surface area contributed by atoms with Crippen LogP contribution in [0.5, 0.6) is 0 Å². The predicted molar refractivity (Wildman–Crippen MR) is 79.4 cm³/mol. The summed E-state index contributed by atoms with van der Waals surface area (Å²) in [5.74, 6) is -0.638. The highest BCUT2D eigenvalue weighted by molar-refractivity contribution is 6.00. The van der Waals surface area contributed by atoms with Gasteiger partial charge in [-0.3, -0.25) is 14.5 Å². The zero-order valence-corrected chi connectivity index (χ0v) is 12.3. The summed E-state index contributed by atoms with van der Waals surface area (Å²) >= 11 is 0. The standard InChI is InChI=1S/C14H21N5O2/c1-9(2)18-6-7-19(11(8-18)13(16)20)14(21)10-4-3-5-17-12(10)15/h3-5,9,11H,6-8H2,1-2H3,(H2,15,17)(H2,16,20). The number of pyridine rings is 1. The Morgan fingerprint density at radius 2 is 2.10 bits per heavy atom. The molecule has 1 fully saturated rings. The molecule has 2 heterocycles. The van der Waals surface area contributed by atoms with E-state index in [9.17, 15) is 9.59 Å². The fourth-order valence-electron chi connectivity index (χ4n) is 2.51. The van der Waals surface area contributed by atoms with Gasteiger partial charge in [0.1, 0.15) is 11.9 Å². The van der Waals surface area contributed by atoms with E-state index in [1.165, 1.54) is 11.1 Å². The molecule has 1 unspecified atom stereocenters. The molecule has 1 aliphatic rings. The fraction of sp³-hybridized carbons (Fsp3) is 0.500. The van der Waals surface area contributed by atoms with Crippen LogP contribution in [0.3, 0.4) is 0 Å². The first-order valence-corrected chi connectivity index (χ1v) is 6.96. The number of piperazine rings is 1. The lowest BCUT2D eigenvalue weighted by molar-refractivity contribution is -0.124. The molecular formula is C14H21N5O2. The van der Waals surface area contributed by atoms with E-state index in [1.54, 1.807) is 12.1 Å². The van der Waals surface area contributed by atoms with Crippen molar-refractivity contribution in [3.63, 3.8) is 0 Å². The minimum absolute atomic E-state index is 0.164. The van der Waals surface area contributed by atoms with Crippen LogP contribution in [-0.2, 0) is 4.79 Å². The summed E-state index contributed by atoms with van der Waals surface area (Å²) in [6, 6.07) is 2.91. The third-order valence-electron chi connectivity index (χ3n) is 3.80. The largest absolute Gasteiger partial charge is 0.383 e. The summed E-state index contributed by atoms with van der Waals surface area (Å²) < 4.78 is 0. The molecule has 7 heteroatoms. The first-order valence-electron chi connectivity index (χ1n) is 6.96. The predicted octanol–water partition coefficient (Wildman–Crippen LogP) is -0.316. The Hall–Kier alpha value is -2.15. The molecule has 1 aliphatic heterocycles. The smallest absolute Gasteiger partial charge is 0.258 e. The summed E-state index contributed by atoms with van der Waals surface area (Å²) in [5.41, 5.74) is 11.5. The lowest BCUT2D eigenvalue weighted by Gasteiger charge is -2.41. The molecule has 114 valence electrons. The fourth-order valence-corrected chi connectivity index (χ4v) is 2.51. The maximum Gasteiger partial charge on any atom is 0.258 e. The summed E-state index contributed by atoms with van der Waals surface area (Å²) in [6.45, 7) is 5.69. The third kappa shape index (κ3) is 3.13. The van der Waals surface area contributed by atoms with E-state index in [4.69, 9.17) is 11.5 Å². The van der Waals surface area contributed by atoms with Crippen LogP contribution in [0, 0.1) is 0 Å². The van der Waals surface area contributed by atoms with Crippen molar-refractivity contribution in [1.82, 2.24) is 14.8 Å². The number of hydrogen-bond donors (Lipinski definition) is 2. The van der Waals surface area contributed by atoms with E-state index in [2.05, 4.69) is 23.7 Å². The number of nitrogens with two attached hydrogens (primary N) is 2. The second-order valence-electron chi connectivity index (χ2n) is 5.44. The van der Waals surface area contributed by atoms with Crippen molar-refractivity contribution in [2.45, 2.75) is 25.9 Å². The highest BCUT2D eigenvalue weighted by Gasteiger charge is 2.35. The Kier molecular flexibility index (Phi) is 4.42. The molecule has 0 aliphatic carbocycles. The first kappa shape index (κ1) is 15.2. The average molecular weight is 291 g/mol. The highest BCUT2D eigenvalue weighted by atomic mass is 16.2. The number of nitrogens with zero attached hydrogens (tertiary/aromatic N) is 3. The van der Waals surface area contributed by atoms with Gasteiger partial charge in [-0.2, -0.15) is 0 Å². The van der Waals surface area contributed by atoms with Crippen molar-refractivity contribution in [2.24, 2.45) is 5.73 Å². The van der Waals surface area contributed by atoms with Gasteiger partial charge in [0.2, 0.25) is 5.91 Å². The van der Waals surface area contributed by atoms with Crippen LogP contribution in [0.1, 0.15) is 24.2 Å². The van der Waals surface area contributed by atoms with Crippen molar-refractivity contribution in [3.05, 3.63) is 23.9 Å². The molecule has 1 aromatic rings. The van der Waals surface area contributed by atoms with Crippen LogP contribution in [0.15, 0.2) is 18.3 Å². The average Bonchev–Trinajstić information content (AvgIpc) is 2.46. The second kappa shape index (κ2) is 6.09. The number of aromatic nitrogens is 1. The lowest BCUT2D eigenvalue weighted by Crippen LogP contribution is -2.61. The second-order valence-corrected chi connectivity index (χ2v) is 5.44. The van der Waals surface area contributed by atoms with E-state index < -0.39 is 11.9 Å². The highest BCUT2D eigenvalue weighted by Crippen LogP contribution is 2.18. The zero-order valence-electron chi connectivity index (χ0n) is 12.3. The number of carbonyl (C=O) groups is 2. The van der Waals surface area contributed by atoms with Crippen molar-refractivity contribution in [1.29, 1.82) is 0 Å². The molecule has 7 nitrogen and oxygen atoms in total. The van der Waals surface area contributed by atoms with Crippen LogP contribution in [0.25, 0.3) is 0 Å². The van der Waals surface area contributed by atoms with Crippen molar-refractivity contribution < 1.29 is 9.59 Å². The lowest BCUT2D eigenvalue weighted by atomic mass is 10.1. The molecular weight excluding hydrogens is 270 g/mol. The van der Waals surface area contributed by atoms with Crippen molar-refractivity contribution >= 4 is 17.6 Å². The maximum absolute atomic E-state index is 12.6. The van der Waals surface area contributed by atoms with Gasteiger partial charge in [-0.25, -0.2) is 4.98 Å². The number of rotatable bonds is 3. The van der Waals surface area contributed by atoms with Crippen LogP contribution in [0.2, 0.25) is 0 Å². The molecule has 0 spiro atoms. The Morgan fingerprint density at radius 1 is 1.38 bits per heavy atom. The number of amides is 2. The summed E-state index contributed by atoms with van der Waals surface area (Å²) in [4.78, 5) is 31.8. The van der Waals surface area contributed by atoms with E-state index in [-0.39, 0.29) is 11.7 Å². The van der Waals surface area contributed by atoms with E-state index >= 15 is 0 Å². The number of hydrogen-bond acceptors (Lipinski definition) is 5. The van der Waals surface area contributed by atoms with Crippen LogP contribution in [0.4, 0.5) is 5.82 Å². The first-order chi connectivity index (χ1) is 9.91. The summed E-state index contributed by atoms with van der Waals surface area (Å²) in [6.07, 6.45) is 1.52. The minimum Gasteiger partial charge on any atom is -0.383 e. The topological polar surface area (TPSA) is 106 Å². The van der Waals surface area contributed by atoms with E-state index in [1.807, 2.05) is 0 Å². The number of anilines is 1. The van der Waals surface area contributed by atoms with Gasteiger partial charge in [0.15, 0.2) is 0 Å². The van der Waals surface area contributed by atoms with Crippen LogP contribution in [-0.4, -0.2) is 58.3 Å². The number of primary amides is 1. The molecule has 1 atom stereocenters. The van der Waals surface area contributed by atoms with Gasteiger partial charge in [-0.1, -0.05) is 0 Å². The number of nitrogen functional groups attached to an aromatic ring is 1. The SMILES string of the molecule is CC(C)N1CCN(C(=O)c2cccnc2N)C(C(N)=O)C1. The quantitative estimate of drug-likeness (QED) is 0.794. The van der Waals surface area contributed by atoms with Crippen LogP contribution < -0.4 is 11.5 Å². The Morgan fingerprint density at radius 3 is 2.67 bits per heavy atom. The Balaban J connectivity index is 2.24. The van der Waals surface area contributed by atoms with Gasteiger partial charge < -0.3 is 16.4 Å². The molecule has 4 N–H and O–H groups in total. The van der Waals surface area contributed by atoms with Crippen LogP contribution >= 0.6 is 0 Å². The molecule has 0 radical (unpaired) electrons. The van der Waals surface area contributed by atoms with E-state index in [0.717, 1.165) is 0 Å². The van der Waals surface area contributed by atoms with Gasteiger partial charge in [0, 0.05) is 31.9 Å². The third-order valence-corrected chi connectivity index (χ3v) is 3.80. The molecule has 2 rings (SSSR count). The van der Waals surface area contributed by atoms with Gasteiger partial charge in [0.05, 0.1) is 5.56 Å². The molecule has 1 aromatic heterocycles. The molecule has 0 saturated carbocycles. The van der Waals surface area contributed by atoms with Gasteiger partial charge in [0.25, 0.3) is 5.91 Å².